The number of nitrogens with zero attached hydrogens (tertiary/aromatic N) is 1. The lowest BCUT2D eigenvalue weighted by Gasteiger charge is -2.34. The molecular weight excluding hydrogens is 382 g/mol. The van der Waals surface area contributed by atoms with E-state index in [1.165, 1.54) is 48.3 Å². The predicted molar refractivity (Wildman–Crippen MR) is 101 cm³/mol. The molecule has 1 aliphatic rings. The van der Waals surface area contributed by atoms with Crippen LogP contribution in [0.15, 0.2) is 59.8 Å². The zero-order chi connectivity index (χ0) is 21.0. The average Bonchev–Trinajstić information content (AvgIpc) is 2.70. The van der Waals surface area contributed by atoms with Crippen molar-refractivity contribution in [1.82, 2.24) is 10.2 Å². The lowest BCUT2D eigenvalue weighted by atomic mass is 9.94. The minimum atomic E-state index is -1.07. The molecule has 0 saturated carbocycles. The van der Waals surface area contributed by atoms with E-state index in [2.05, 4.69) is 5.32 Å². The first-order valence-electron chi connectivity index (χ1n) is 9.00. The van der Waals surface area contributed by atoms with Gasteiger partial charge in [0.2, 0.25) is 0 Å². The Morgan fingerprint density at radius 2 is 1.76 bits per heavy atom. The highest BCUT2D eigenvalue weighted by molar-refractivity contribution is 5.95. The number of carbonyl (C=O) groups excluding carboxylic acids is 2. The fourth-order valence-electron chi connectivity index (χ4n) is 3.03. The first-order chi connectivity index (χ1) is 13.9. The number of halogens is 2. The summed E-state index contributed by atoms with van der Waals surface area (Å²) in [6.45, 7) is 1.44. The van der Waals surface area contributed by atoms with E-state index in [0.717, 1.165) is 0 Å². The molecule has 1 heterocycles. The van der Waals surface area contributed by atoms with Crippen LogP contribution in [0.3, 0.4) is 0 Å². The van der Waals surface area contributed by atoms with Gasteiger partial charge in [0.15, 0.2) is 11.6 Å². The van der Waals surface area contributed by atoms with Crippen LogP contribution in [0.2, 0.25) is 0 Å². The first-order valence-corrected chi connectivity index (χ1v) is 9.00. The predicted octanol–water partition coefficient (Wildman–Crippen LogP) is 3.56. The third kappa shape index (κ3) is 4.21. The molecule has 1 atom stereocenters. The summed E-state index contributed by atoms with van der Waals surface area (Å²) in [6.07, 6.45) is 0. The van der Waals surface area contributed by atoms with Crippen molar-refractivity contribution >= 4 is 12.0 Å². The second-order valence-electron chi connectivity index (χ2n) is 6.26. The van der Waals surface area contributed by atoms with E-state index < -0.39 is 29.7 Å². The van der Waals surface area contributed by atoms with Crippen molar-refractivity contribution in [2.45, 2.75) is 13.0 Å². The van der Waals surface area contributed by atoms with Gasteiger partial charge >= 0.3 is 12.0 Å². The Kier molecular flexibility index (Phi) is 6.11. The number of amides is 2. The van der Waals surface area contributed by atoms with Crippen LogP contribution >= 0.6 is 0 Å². The number of para-hydroxylation sites is 1. The number of urea groups is 1. The van der Waals surface area contributed by atoms with E-state index in [1.807, 2.05) is 0 Å². The summed E-state index contributed by atoms with van der Waals surface area (Å²) >= 11 is 0. The average molecular weight is 402 g/mol. The number of esters is 1. The minimum Gasteiger partial charge on any atom is -0.484 e. The molecule has 0 saturated heterocycles. The second kappa shape index (κ2) is 8.72. The van der Waals surface area contributed by atoms with E-state index >= 15 is 0 Å². The van der Waals surface area contributed by atoms with Crippen LogP contribution in [0, 0.1) is 11.6 Å². The van der Waals surface area contributed by atoms with E-state index in [4.69, 9.17) is 9.47 Å². The number of likely N-dealkylation sites (N-methyl/N-ethyl adjacent to an activating group) is 1. The lowest BCUT2D eigenvalue weighted by molar-refractivity contribution is -0.139. The van der Waals surface area contributed by atoms with Gasteiger partial charge in [-0.1, -0.05) is 30.3 Å². The Morgan fingerprint density at radius 3 is 2.41 bits per heavy atom. The molecule has 152 valence electrons. The van der Waals surface area contributed by atoms with Crippen molar-refractivity contribution < 1.29 is 27.8 Å². The number of benzene rings is 2. The Labute approximate surface area is 166 Å². The summed E-state index contributed by atoms with van der Waals surface area (Å²) in [7, 11) is 1.44. The summed E-state index contributed by atoms with van der Waals surface area (Å²) in [6, 6.07) is 9.95. The molecule has 0 spiro atoms. The molecule has 2 amide bonds. The summed E-state index contributed by atoms with van der Waals surface area (Å²) in [4.78, 5) is 26.4. The molecule has 2 aromatic rings. The SMILES string of the molecule is CCOC(=O)C1=C(COc2ccccc2F)N(C)C(=O)N[C@H]1c1ccccc1F. The van der Waals surface area contributed by atoms with Crippen LogP contribution < -0.4 is 10.1 Å². The van der Waals surface area contributed by atoms with Crippen LogP contribution in [0.1, 0.15) is 18.5 Å². The molecule has 0 fully saturated rings. The summed E-state index contributed by atoms with van der Waals surface area (Å²) in [5.74, 6) is -1.93. The van der Waals surface area contributed by atoms with E-state index in [-0.39, 0.29) is 35.8 Å². The Bertz CT molecular complexity index is 961. The van der Waals surface area contributed by atoms with Crippen LogP contribution in [-0.4, -0.2) is 37.2 Å². The van der Waals surface area contributed by atoms with Gasteiger partial charge in [0.05, 0.1) is 23.9 Å². The zero-order valence-corrected chi connectivity index (χ0v) is 15.9. The Hall–Kier alpha value is -3.42. The van der Waals surface area contributed by atoms with Gasteiger partial charge in [-0.15, -0.1) is 0 Å². The number of hydrogen-bond donors (Lipinski definition) is 1. The highest BCUT2D eigenvalue weighted by Gasteiger charge is 2.38. The quantitative estimate of drug-likeness (QED) is 0.751. The van der Waals surface area contributed by atoms with Crippen LogP contribution in [0.25, 0.3) is 0 Å². The first kappa shape index (κ1) is 20.3. The van der Waals surface area contributed by atoms with E-state index in [9.17, 15) is 18.4 Å². The van der Waals surface area contributed by atoms with Crippen LogP contribution in [0.4, 0.5) is 13.6 Å². The molecule has 6 nitrogen and oxygen atoms in total. The summed E-state index contributed by atoms with van der Waals surface area (Å²) in [5, 5.41) is 2.61. The molecule has 0 unspecified atom stereocenters. The van der Waals surface area contributed by atoms with Crippen LogP contribution in [-0.2, 0) is 9.53 Å². The maximum absolute atomic E-state index is 14.4. The largest absolute Gasteiger partial charge is 0.484 e. The van der Waals surface area contributed by atoms with Gasteiger partial charge in [-0.3, -0.25) is 4.90 Å². The number of nitrogens with one attached hydrogen (secondary N) is 1. The maximum Gasteiger partial charge on any atom is 0.338 e. The molecule has 3 rings (SSSR count). The lowest BCUT2D eigenvalue weighted by Crippen LogP contribution is -2.48. The number of hydrogen-bond acceptors (Lipinski definition) is 4. The van der Waals surface area contributed by atoms with Crippen molar-refractivity contribution in [2.75, 3.05) is 20.3 Å². The maximum atomic E-state index is 14.4. The van der Waals surface area contributed by atoms with Crippen molar-refractivity contribution in [3.05, 3.63) is 77.0 Å². The van der Waals surface area contributed by atoms with Crippen molar-refractivity contribution in [1.29, 1.82) is 0 Å². The molecule has 1 aliphatic heterocycles. The number of carbonyl (C=O) groups is 2. The van der Waals surface area contributed by atoms with Gasteiger partial charge in [-0.05, 0) is 25.1 Å². The fourth-order valence-corrected chi connectivity index (χ4v) is 3.03. The van der Waals surface area contributed by atoms with Gasteiger partial charge in [0.1, 0.15) is 12.4 Å². The third-order valence-electron chi connectivity index (χ3n) is 4.49. The van der Waals surface area contributed by atoms with Gasteiger partial charge in [-0.25, -0.2) is 18.4 Å². The zero-order valence-electron chi connectivity index (χ0n) is 15.9. The molecular formula is C21H20F2N2O4. The number of rotatable bonds is 6. The third-order valence-corrected chi connectivity index (χ3v) is 4.49. The smallest absolute Gasteiger partial charge is 0.338 e. The number of ether oxygens (including phenoxy) is 2. The van der Waals surface area contributed by atoms with Gasteiger partial charge in [0.25, 0.3) is 0 Å². The highest BCUT2D eigenvalue weighted by atomic mass is 19.1. The minimum absolute atomic E-state index is 0.0235. The van der Waals surface area contributed by atoms with Crippen LogP contribution in [0.5, 0.6) is 5.75 Å². The van der Waals surface area contributed by atoms with Crippen molar-refractivity contribution in [2.24, 2.45) is 0 Å². The monoisotopic (exact) mass is 402 g/mol. The second-order valence-corrected chi connectivity index (χ2v) is 6.26. The molecule has 8 heteroatoms. The summed E-state index contributed by atoms with van der Waals surface area (Å²) in [5.41, 5.74) is 0.291. The standard InChI is InChI=1S/C21H20F2N2O4/c1-3-28-20(26)18-16(12-29-17-11-7-6-10-15(17)23)25(2)21(27)24-19(18)13-8-4-5-9-14(13)22/h4-11,19H,3,12H2,1-2H3,(H,24,27)/t19-/m0/s1. The van der Waals surface area contributed by atoms with E-state index in [0.29, 0.717) is 0 Å². The van der Waals surface area contributed by atoms with E-state index in [1.54, 1.807) is 19.1 Å². The van der Waals surface area contributed by atoms with Gasteiger partial charge in [0, 0.05) is 12.6 Å². The van der Waals surface area contributed by atoms with Crippen molar-refractivity contribution in [3.63, 3.8) is 0 Å². The Morgan fingerprint density at radius 1 is 1.10 bits per heavy atom. The molecule has 0 radical (unpaired) electrons. The molecule has 29 heavy (non-hydrogen) atoms. The molecule has 1 N–H and O–H groups in total. The van der Waals surface area contributed by atoms with Gasteiger partial charge < -0.3 is 14.8 Å². The Balaban J connectivity index is 2.07. The summed E-state index contributed by atoms with van der Waals surface area (Å²) < 4.78 is 39.0. The normalized spacial score (nSPS) is 16.5. The van der Waals surface area contributed by atoms with Gasteiger partial charge in [-0.2, -0.15) is 0 Å². The van der Waals surface area contributed by atoms with Crippen molar-refractivity contribution in [3.8, 4) is 5.75 Å². The molecule has 0 bridgehead atoms. The molecule has 0 aromatic heterocycles. The fraction of sp³-hybridized carbons (Fsp3) is 0.238. The molecule has 2 aromatic carbocycles. The topological polar surface area (TPSA) is 67.9 Å². The molecule has 0 aliphatic carbocycles. The highest BCUT2D eigenvalue weighted by Crippen LogP contribution is 2.32.